The Balaban J connectivity index is 2.19. The van der Waals surface area contributed by atoms with Crippen LogP contribution in [0.3, 0.4) is 0 Å². The van der Waals surface area contributed by atoms with E-state index in [0.29, 0.717) is 19.0 Å². The molecule has 0 atom stereocenters. The van der Waals surface area contributed by atoms with Crippen LogP contribution in [0.2, 0.25) is 0 Å². The van der Waals surface area contributed by atoms with Gasteiger partial charge in [0.05, 0.1) is 0 Å². The van der Waals surface area contributed by atoms with Gasteiger partial charge in [0.1, 0.15) is 0 Å². The van der Waals surface area contributed by atoms with Crippen molar-refractivity contribution in [3.63, 3.8) is 0 Å². The molecule has 17 heavy (non-hydrogen) atoms. The van der Waals surface area contributed by atoms with Crippen molar-refractivity contribution < 1.29 is 4.79 Å². The first kappa shape index (κ1) is 13.8. The van der Waals surface area contributed by atoms with Gasteiger partial charge in [0.15, 0.2) is 5.96 Å². The van der Waals surface area contributed by atoms with Crippen molar-refractivity contribution in [2.24, 2.45) is 4.99 Å². The number of hydrogen-bond acceptors (Lipinski definition) is 2. The molecule has 1 N–H and O–H groups in total. The highest BCUT2D eigenvalue weighted by Gasteiger charge is 2.22. The molecule has 0 radical (unpaired) electrons. The van der Waals surface area contributed by atoms with Crippen molar-refractivity contribution in [2.45, 2.75) is 31.7 Å². The van der Waals surface area contributed by atoms with Crippen LogP contribution in [-0.4, -0.2) is 62.4 Å². The van der Waals surface area contributed by atoms with Crippen LogP contribution in [0.4, 0.5) is 0 Å². The summed E-state index contributed by atoms with van der Waals surface area (Å²) in [5.74, 6) is 1.10. The Morgan fingerprint density at radius 2 is 1.82 bits per heavy atom. The normalized spacial score (nSPS) is 14.1. The number of carbonyl (C=O) groups is 1. The topological polar surface area (TPSA) is 47.9 Å². The highest BCUT2D eigenvalue weighted by atomic mass is 16.1. The third-order valence-electron chi connectivity index (χ3n) is 2.56. The molecular weight excluding hydrogens is 216 g/mol. The molecule has 0 saturated heterocycles. The average Bonchev–Trinajstić information content (AvgIpc) is 3.00. The lowest BCUT2D eigenvalue weighted by Gasteiger charge is -2.22. The summed E-state index contributed by atoms with van der Waals surface area (Å²) in [6, 6.07) is 0.463. The molecule has 0 aliphatic heterocycles. The van der Waals surface area contributed by atoms with Gasteiger partial charge >= 0.3 is 0 Å². The van der Waals surface area contributed by atoms with Crippen LogP contribution in [0, 0.1) is 0 Å². The minimum Gasteiger partial charge on any atom is -0.353 e. The van der Waals surface area contributed by atoms with E-state index < -0.39 is 0 Å². The Morgan fingerprint density at radius 3 is 2.29 bits per heavy atom. The Kier molecular flexibility index (Phi) is 5.25. The van der Waals surface area contributed by atoms with Crippen molar-refractivity contribution in [1.29, 1.82) is 0 Å². The van der Waals surface area contributed by atoms with Crippen molar-refractivity contribution in [1.82, 2.24) is 15.1 Å². The molecule has 1 saturated carbocycles. The van der Waals surface area contributed by atoms with Gasteiger partial charge < -0.3 is 15.1 Å². The summed E-state index contributed by atoms with van der Waals surface area (Å²) < 4.78 is 0. The van der Waals surface area contributed by atoms with E-state index in [1.165, 1.54) is 0 Å². The van der Waals surface area contributed by atoms with Crippen LogP contribution in [0.1, 0.15) is 25.7 Å². The summed E-state index contributed by atoms with van der Waals surface area (Å²) in [6.07, 6.45) is 3.68. The average molecular weight is 240 g/mol. The van der Waals surface area contributed by atoms with Gasteiger partial charge in [-0.3, -0.25) is 9.79 Å². The minimum absolute atomic E-state index is 0.166. The van der Waals surface area contributed by atoms with Crippen LogP contribution >= 0.6 is 0 Å². The molecule has 0 aromatic rings. The summed E-state index contributed by atoms with van der Waals surface area (Å²) in [6.45, 7) is 0.698. The van der Waals surface area contributed by atoms with Gasteiger partial charge in [-0.1, -0.05) is 0 Å². The molecule has 0 bridgehead atoms. The number of guanidine groups is 1. The number of amides is 1. The Hall–Kier alpha value is -1.26. The van der Waals surface area contributed by atoms with Gasteiger partial charge in [0, 0.05) is 47.2 Å². The summed E-state index contributed by atoms with van der Waals surface area (Å²) >= 11 is 0. The number of nitrogens with zero attached hydrogens (tertiary/aromatic N) is 3. The largest absolute Gasteiger partial charge is 0.353 e. The van der Waals surface area contributed by atoms with E-state index in [2.05, 4.69) is 10.3 Å². The van der Waals surface area contributed by atoms with E-state index in [1.807, 2.05) is 38.0 Å². The van der Waals surface area contributed by atoms with Crippen LogP contribution in [0.25, 0.3) is 0 Å². The van der Waals surface area contributed by atoms with E-state index in [4.69, 9.17) is 0 Å². The van der Waals surface area contributed by atoms with Gasteiger partial charge in [-0.05, 0) is 19.3 Å². The van der Waals surface area contributed by atoms with Crippen LogP contribution in [0.15, 0.2) is 4.99 Å². The second-order valence-corrected chi connectivity index (χ2v) is 4.92. The van der Waals surface area contributed by atoms with Crippen molar-refractivity contribution in [3.05, 3.63) is 0 Å². The molecule has 0 unspecified atom stereocenters. The van der Waals surface area contributed by atoms with Gasteiger partial charge in [-0.15, -0.1) is 0 Å². The summed E-state index contributed by atoms with van der Waals surface area (Å²) in [5.41, 5.74) is 0. The zero-order valence-electron chi connectivity index (χ0n) is 11.4. The second-order valence-electron chi connectivity index (χ2n) is 4.92. The zero-order valence-corrected chi connectivity index (χ0v) is 11.4. The first-order chi connectivity index (χ1) is 8.00. The summed E-state index contributed by atoms with van der Waals surface area (Å²) in [5, 5.41) is 2.98. The monoisotopic (exact) mass is 240 g/mol. The summed E-state index contributed by atoms with van der Waals surface area (Å²) in [4.78, 5) is 19.9. The maximum absolute atomic E-state index is 11.4. The predicted octanol–water partition coefficient (Wildman–Crippen LogP) is 0.524. The maximum atomic E-state index is 11.4. The maximum Gasteiger partial charge on any atom is 0.220 e. The van der Waals surface area contributed by atoms with Gasteiger partial charge in [0.2, 0.25) is 5.91 Å². The molecule has 1 rings (SSSR count). The molecule has 1 aliphatic carbocycles. The molecule has 5 nitrogen and oxygen atoms in total. The van der Waals surface area contributed by atoms with Gasteiger partial charge in [-0.2, -0.15) is 0 Å². The standard InChI is InChI=1S/C12H24N4O/c1-15(2)12(16(3)4)13-9-5-6-11(17)14-10-7-8-10/h10H,5-9H2,1-4H3,(H,14,17). The van der Waals surface area contributed by atoms with E-state index in [0.717, 1.165) is 25.2 Å². The smallest absolute Gasteiger partial charge is 0.220 e. The fraction of sp³-hybridized carbons (Fsp3) is 0.833. The highest BCUT2D eigenvalue weighted by molar-refractivity contribution is 5.79. The van der Waals surface area contributed by atoms with Crippen LogP contribution < -0.4 is 5.32 Å². The van der Waals surface area contributed by atoms with Crippen molar-refractivity contribution in [3.8, 4) is 0 Å². The van der Waals surface area contributed by atoms with E-state index in [-0.39, 0.29) is 5.91 Å². The Morgan fingerprint density at radius 1 is 1.24 bits per heavy atom. The fourth-order valence-corrected chi connectivity index (χ4v) is 1.63. The molecule has 98 valence electrons. The minimum atomic E-state index is 0.166. The molecule has 0 heterocycles. The predicted molar refractivity (Wildman–Crippen MR) is 70.1 cm³/mol. The highest BCUT2D eigenvalue weighted by Crippen LogP contribution is 2.18. The second kappa shape index (κ2) is 6.47. The van der Waals surface area contributed by atoms with Gasteiger partial charge in [0.25, 0.3) is 0 Å². The molecule has 0 spiro atoms. The van der Waals surface area contributed by atoms with E-state index in [9.17, 15) is 4.79 Å². The van der Waals surface area contributed by atoms with Crippen LogP contribution in [-0.2, 0) is 4.79 Å². The lowest BCUT2D eigenvalue weighted by Crippen LogP contribution is -2.35. The summed E-state index contributed by atoms with van der Waals surface area (Å²) in [7, 11) is 7.88. The SMILES string of the molecule is CN(C)C(=NCCCC(=O)NC1CC1)N(C)C. The lowest BCUT2D eigenvalue weighted by atomic mass is 10.3. The molecular formula is C12H24N4O. The zero-order chi connectivity index (χ0) is 12.8. The Labute approximate surface area is 104 Å². The quantitative estimate of drug-likeness (QED) is 0.433. The van der Waals surface area contributed by atoms with Crippen molar-refractivity contribution in [2.75, 3.05) is 34.7 Å². The molecule has 1 fully saturated rings. The molecule has 0 aromatic heterocycles. The first-order valence-electron chi connectivity index (χ1n) is 6.19. The fourth-order valence-electron chi connectivity index (χ4n) is 1.63. The van der Waals surface area contributed by atoms with E-state index in [1.54, 1.807) is 0 Å². The number of aliphatic imine (C=N–C) groups is 1. The molecule has 1 amide bonds. The van der Waals surface area contributed by atoms with Crippen molar-refractivity contribution >= 4 is 11.9 Å². The van der Waals surface area contributed by atoms with Crippen LogP contribution in [0.5, 0.6) is 0 Å². The third kappa shape index (κ3) is 5.56. The first-order valence-corrected chi connectivity index (χ1v) is 6.19. The number of hydrogen-bond donors (Lipinski definition) is 1. The molecule has 0 aromatic carbocycles. The van der Waals surface area contributed by atoms with E-state index >= 15 is 0 Å². The molecule has 5 heteroatoms. The third-order valence-corrected chi connectivity index (χ3v) is 2.56. The van der Waals surface area contributed by atoms with Gasteiger partial charge in [-0.25, -0.2) is 0 Å². The molecule has 1 aliphatic rings. The Bertz CT molecular complexity index is 272. The number of rotatable bonds is 5. The lowest BCUT2D eigenvalue weighted by molar-refractivity contribution is -0.121. The number of nitrogens with one attached hydrogen (secondary N) is 1. The number of carbonyl (C=O) groups excluding carboxylic acids is 1.